The molecular weight excluding hydrogens is 212 g/mol. The van der Waals surface area contributed by atoms with Crippen molar-refractivity contribution in [3.63, 3.8) is 0 Å². The molecule has 0 spiro atoms. The van der Waals surface area contributed by atoms with Gasteiger partial charge in [-0.05, 0) is 31.0 Å². The van der Waals surface area contributed by atoms with E-state index in [0.717, 1.165) is 37.5 Å². The molecule has 0 heterocycles. The molecule has 0 saturated heterocycles. The lowest BCUT2D eigenvalue weighted by molar-refractivity contribution is 0.116. The highest BCUT2D eigenvalue weighted by Crippen LogP contribution is 2.24. The van der Waals surface area contributed by atoms with Gasteiger partial charge in [0.05, 0.1) is 17.8 Å². The van der Waals surface area contributed by atoms with E-state index in [1.54, 1.807) is 0 Å². The number of aliphatic hydroxyl groups excluding tert-OH is 1. The van der Waals surface area contributed by atoms with E-state index in [4.69, 9.17) is 0 Å². The van der Waals surface area contributed by atoms with E-state index >= 15 is 0 Å². The molecule has 4 heteroatoms. The van der Waals surface area contributed by atoms with E-state index < -0.39 is 17.7 Å². The first kappa shape index (κ1) is 11.3. The molecule has 0 aliphatic heterocycles. The van der Waals surface area contributed by atoms with Crippen molar-refractivity contribution in [2.75, 3.05) is 5.32 Å². The third kappa shape index (κ3) is 2.50. The van der Waals surface area contributed by atoms with Crippen molar-refractivity contribution < 1.29 is 13.9 Å². The van der Waals surface area contributed by atoms with E-state index in [-0.39, 0.29) is 11.7 Å². The smallest absolute Gasteiger partial charge is 0.146 e. The summed E-state index contributed by atoms with van der Waals surface area (Å²) in [7, 11) is 0. The molecule has 16 heavy (non-hydrogen) atoms. The monoisotopic (exact) mass is 227 g/mol. The lowest BCUT2D eigenvalue weighted by Gasteiger charge is -2.29. The Hall–Kier alpha value is -1.16. The lowest BCUT2D eigenvalue weighted by atomic mass is 9.92. The Labute approximate surface area is 93.3 Å². The maximum atomic E-state index is 13.3. The summed E-state index contributed by atoms with van der Waals surface area (Å²) in [5.74, 6) is -0.964. The van der Waals surface area contributed by atoms with Gasteiger partial charge in [0.2, 0.25) is 0 Å². The van der Waals surface area contributed by atoms with Crippen molar-refractivity contribution in [2.45, 2.75) is 37.8 Å². The topological polar surface area (TPSA) is 32.3 Å². The standard InChI is InChI=1S/C12H15F2NO/c13-8-5-6-9(14)11(7-8)15-10-3-1-2-4-12(10)16/h5-7,10,12,15-16H,1-4H2. The van der Waals surface area contributed by atoms with Crippen molar-refractivity contribution >= 4 is 5.69 Å². The Morgan fingerprint density at radius 1 is 1.19 bits per heavy atom. The average Bonchev–Trinajstić information content (AvgIpc) is 2.27. The fraction of sp³-hybridized carbons (Fsp3) is 0.500. The van der Waals surface area contributed by atoms with E-state index in [1.807, 2.05) is 0 Å². The zero-order valence-corrected chi connectivity index (χ0v) is 8.92. The van der Waals surface area contributed by atoms with E-state index in [2.05, 4.69) is 5.32 Å². The van der Waals surface area contributed by atoms with Crippen molar-refractivity contribution in [3.05, 3.63) is 29.8 Å². The molecule has 2 rings (SSSR count). The molecule has 0 bridgehead atoms. The summed E-state index contributed by atoms with van der Waals surface area (Å²) in [6, 6.07) is 3.12. The molecule has 2 nitrogen and oxygen atoms in total. The first-order valence-corrected chi connectivity index (χ1v) is 5.56. The molecule has 2 unspecified atom stereocenters. The Morgan fingerprint density at radius 3 is 2.69 bits per heavy atom. The summed E-state index contributed by atoms with van der Waals surface area (Å²) >= 11 is 0. The summed E-state index contributed by atoms with van der Waals surface area (Å²) in [6.07, 6.45) is 3.03. The molecule has 1 aromatic rings. The SMILES string of the molecule is OC1CCCCC1Nc1cc(F)ccc1F. The van der Waals surface area contributed by atoms with Gasteiger partial charge in [-0.15, -0.1) is 0 Å². The van der Waals surface area contributed by atoms with Crippen LogP contribution in [0.5, 0.6) is 0 Å². The Bertz CT molecular complexity index is 370. The number of hydrogen-bond donors (Lipinski definition) is 2. The minimum Gasteiger partial charge on any atom is -0.391 e. The number of aliphatic hydroxyl groups is 1. The predicted molar refractivity (Wildman–Crippen MR) is 58.2 cm³/mol. The van der Waals surface area contributed by atoms with Crippen LogP contribution in [0.4, 0.5) is 14.5 Å². The fourth-order valence-corrected chi connectivity index (χ4v) is 2.09. The molecule has 2 atom stereocenters. The molecule has 88 valence electrons. The second-order valence-electron chi connectivity index (χ2n) is 4.23. The molecule has 1 aliphatic carbocycles. The van der Waals surface area contributed by atoms with Gasteiger partial charge in [-0.2, -0.15) is 0 Å². The first-order chi connectivity index (χ1) is 7.66. The summed E-state index contributed by atoms with van der Waals surface area (Å²) in [5, 5.41) is 12.6. The number of benzene rings is 1. The highest BCUT2D eigenvalue weighted by Gasteiger charge is 2.23. The Morgan fingerprint density at radius 2 is 1.94 bits per heavy atom. The summed E-state index contributed by atoms with van der Waals surface area (Å²) < 4.78 is 26.3. The van der Waals surface area contributed by atoms with Gasteiger partial charge in [-0.3, -0.25) is 0 Å². The normalized spacial score (nSPS) is 25.4. The van der Waals surface area contributed by atoms with Crippen LogP contribution >= 0.6 is 0 Å². The quantitative estimate of drug-likeness (QED) is 0.814. The number of hydrogen-bond acceptors (Lipinski definition) is 2. The molecule has 1 aromatic carbocycles. The second-order valence-corrected chi connectivity index (χ2v) is 4.23. The fourth-order valence-electron chi connectivity index (χ4n) is 2.09. The number of anilines is 1. The molecule has 0 radical (unpaired) electrons. The number of rotatable bonds is 2. The van der Waals surface area contributed by atoms with Crippen LogP contribution in [0.15, 0.2) is 18.2 Å². The van der Waals surface area contributed by atoms with Crippen LogP contribution in [0.2, 0.25) is 0 Å². The van der Waals surface area contributed by atoms with Gasteiger partial charge in [0.15, 0.2) is 0 Å². The molecule has 0 amide bonds. The van der Waals surface area contributed by atoms with Gasteiger partial charge in [-0.1, -0.05) is 12.8 Å². The van der Waals surface area contributed by atoms with Crippen LogP contribution in [0.25, 0.3) is 0 Å². The van der Waals surface area contributed by atoms with Gasteiger partial charge in [0.25, 0.3) is 0 Å². The van der Waals surface area contributed by atoms with Crippen molar-refractivity contribution in [3.8, 4) is 0 Å². The van der Waals surface area contributed by atoms with Gasteiger partial charge < -0.3 is 10.4 Å². The van der Waals surface area contributed by atoms with Crippen LogP contribution < -0.4 is 5.32 Å². The molecule has 1 fully saturated rings. The van der Waals surface area contributed by atoms with Gasteiger partial charge >= 0.3 is 0 Å². The summed E-state index contributed by atoms with van der Waals surface area (Å²) in [4.78, 5) is 0. The van der Waals surface area contributed by atoms with Crippen molar-refractivity contribution in [1.29, 1.82) is 0 Å². The van der Waals surface area contributed by atoms with Crippen LogP contribution in [0.3, 0.4) is 0 Å². The highest BCUT2D eigenvalue weighted by molar-refractivity contribution is 5.46. The zero-order chi connectivity index (χ0) is 11.5. The van der Waals surface area contributed by atoms with Crippen molar-refractivity contribution in [1.82, 2.24) is 0 Å². The second kappa shape index (κ2) is 4.78. The number of halogens is 2. The zero-order valence-electron chi connectivity index (χ0n) is 8.92. The Kier molecular flexibility index (Phi) is 3.39. The minimum absolute atomic E-state index is 0.131. The highest BCUT2D eigenvalue weighted by atomic mass is 19.1. The average molecular weight is 227 g/mol. The maximum Gasteiger partial charge on any atom is 0.146 e. The molecule has 1 saturated carbocycles. The first-order valence-electron chi connectivity index (χ1n) is 5.56. The summed E-state index contributed by atoms with van der Waals surface area (Å²) in [5.41, 5.74) is 0.131. The maximum absolute atomic E-state index is 13.3. The third-order valence-corrected chi connectivity index (χ3v) is 3.00. The van der Waals surface area contributed by atoms with Crippen LogP contribution in [0.1, 0.15) is 25.7 Å². The van der Waals surface area contributed by atoms with Gasteiger partial charge in [0, 0.05) is 0 Å². The largest absolute Gasteiger partial charge is 0.391 e. The molecule has 1 aliphatic rings. The Balaban J connectivity index is 2.10. The van der Waals surface area contributed by atoms with Gasteiger partial charge in [-0.25, -0.2) is 8.78 Å². The van der Waals surface area contributed by atoms with Gasteiger partial charge in [0.1, 0.15) is 11.6 Å². The van der Waals surface area contributed by atoms with Crippen molar-refractivity contribution in [2.24, 2.45) is 0 Å². The molecule has 2 N–H and O–H groups in total. The minimum atomic E-state index is -0.487. The van der Waals surface area contributed by atoms with Crippen LogP contribution in [0, 0.1) is 11.6 Å². The molecule has 0 aromatic heterocycles. The lowest BCUT2D eigenvalue weighted by Crippen LogP contribution is -2.36. The van der Waals surface area contributed by atoms with E-state index in [9.17, 15) is 13.9 Å². The molecular formula is C12H15F2NO. The van der Waals surface area contributed by atoms with E-state index in [0.29, 0.717) is 6.42 Å². The third-order valence-electron chi connectivity index (χ3n) is 3.00. The predicted octanol–water partition coefficient (Wildman–Crippen LogP) is 2.68. The summed E-state index contributed by atoms with van der Waals surface area (Å²) in [6.45, 7) is 0. The van der Waals surface area contributed by atoms with E-state index in [1.165, 1.54) is 0 Å². The van der Waals surface area contributed by atoms with Crippen LogP contribution in [-0.4, -0.2) is 17.3 Å². The van der Waals surface area contributed by atoms with Crippen LogP contribution in [-0.2, 0) is 0 Å². The number of nitrogens with one attached hydrogen (secondary N) is 1.